The molecule has 1 aromatic carbocycles. The maximum absolute atomic E-state index is 13.3. The summed E-state index contributed by atoms with van der Waals surface area (Å²) in [6.45, 7) is 6.72. The Labute approximate surface area is 112 Å². The molecule has 0 aliphatic rings. The number of halogens is 3. The second kappa shape index (κ2) is 6.39. The number of nitrogens with one attached hydrogen (secondary N) is 1. The summed E-state index contributed by atoms with van der Waals surface area (Å²) in [5, 5.41) is 3.78. The number of benzene rings is 1. The van der Waals surface area contributed by atoms with Crippen LogP contribution >= 0.6 is 23.2 Å². The van der Waals surface area contributed by atoms with Gasteiger partial charge in [-0.1, -0.05) is 34.9 Å². The van der Waals surface area contributed by atoms with Gasteiger partial charge in [0.15, 0.2) is 0 Å². The average molecular weight is 276 g/mol. The molecular weight excluding hydrogens is 260 g/mol. The van der Waals surface area contributed by atoms with Gasteiger partial charge in [-0.3, -0.25) is 0 Å². The number of allylic oxidation sites excluding steroid dienone is 1. The van der Waals surface area contributed by atoms with Gasteiger partial charge < -0.3 is 5.32 Å². The van der Waals surface area contributed by atoms with Gasteiger partial charge in [0, 0.05) is 17.6 Å². The number of rotatable bonds is 4. The van der Waals surface area contributed by atoms with Gasteiger partial charge in [-0.15, -0.1) is 0 Å². The van der Waals surface area contributed by atoms with E-state index in [9.17, 15) is 4.39 Å². The highest BCUT2D eigenvalue weighted by atomic mass is 35.5. The van der Waals surface area contributed by atoms with Crippen LogP contribution in [-0.2, 0) is 0 Å². The molecule has 94 valence electrons. The molecule has 0 heterocycles. The van der Waals surface area contributed by atoms with E-state index in [2.05, 4.69) is 11.4 Å². The Morgan fingerprint density at radius 3 is 2.59 bits per heavy atom. The van der Waals surface area contributed by atoms with E-state index in [0.717, 1.165) is 12.1 Å². The van der Waals surface area contributed by atoms with Crippen LogP contribution in [0.25, 0.3) is 0 Å². The zero-order valence-corrected chi connectivity index (χ0v) is 11.7. The highest BCUT2D eigenvalue weighted by Crippen LogP contribution is 2.28. The minimum atomic E-state index is -0.443. The maximum Gasteiger partial charge on any atom is 0.142 e. The smallest absolute Gasteiger partial charge is 0.142 e. The van der Waals surface area contributed by atoms with Gasteiger partial charge in [0.05, 0.1) is 5.02 Å². The fourth-order valence-electron chi connectivity index (χ4n) is 1.42. The molecular formula is C13H16Cl2FN. The van der Waals surface area contributed by atoms with Crippen molar-refractivity contribution >= 4 is 23.2 Å². The third kappa shape index (κ3) is 4.30. The first-order chi connectivity index (χ1) is 7.91. The van der Waals surface area contributed by atoms with E-state index in [0.29, 0.717) is 5.02 Å². The normalized spacial score (nSPS) is 12.4. The third-order valence-corrected chi connectivity index (χ3v) is 3.06. The van der Waals surface area contributed by atoms with Crippen LogP contribution in [0.15, 0.2) is 23.8 Å². The Kier molecular flexibility index (Phi) is 5.44. The van der Waals surface area contributed by atoms with E-state index in [4.69, 9.17) is 23.2 Å². The van der Waals surface area contributed by atoms with Gasteiger partial charge in [-0.25, -0.2) is 4.39 Å². The van der Waals surface area contributed by atoms with Gasteiger partial charge in [-0.2, -0.15) is 0 Å². The molecule has 1 rings (SSSR count). The van der Waals surface area contributed by atoms with Crippen molar-refractivity contribution in [3.8, 4) is 0 Å². The standard InChI is InChI=1S/C13H16Cl2FN/c1-8(2)4-5-17-9(3)10-6-13(16)12(15)7-11(10)14/h4,6-7,9,17H,5H2,1-3H3. The van der Waals surface area contributed by atoms with E-state index in [1.807, 2.05) is 20.8 Å². The second-order valence-electron chi connectivity index (χ2n) is 4.20. The van der Waals surface area contributed by atoms with Crippen LogP contribution in [0, 0.1) is 5.82 Å². The molecule has 0 aliphatic carbocycles. The van der Waals surface area contributed by atoms with Gasteiger partial charge in [0.2, 0.25) is 0 Å². The lowest BCUT2D eigenvalue weighted by atomic mass is 10.1. The monoisotopic (exact) mass is 275 g/mol. The summed E-state index contributed by atoms with van der Waals surface area (Å²) in [5.74, 6) is -0.443. The number of hydrogen-bond acceptors (Lipinski definition) is 1. The predicted octanol–water partition coefficient (Wildman–Crippen LogP) is 4.75. The first kappa shape index (κ1) is 14.5. The van der Waals surface area contributed by atoms with Crippen molar-refractivity contribution in [2.24, 2.45) is 0 Å². The van der Waals surface area contributed by atoms with E-state index in [-0.39, 0.29) is 11.1 Å². The van der Waals surface area contributed by atoms with Crippen molar-refractivity contribution in [1.82, 2.24) is 5.32 Å². The quantitative estimate of drug-likeness (QED) is 0.618. The molecule has 1 unspecified atom stereocenters. The van der Waals surface area contributed by atoms with Crippen LogP contribution in [0.4, 0.5) is 4.39 Å². The summed E-state index contributed by atoms with van der Waals surface area (Å²) in [6, 6.07) is 2.79. The second-order valence-corrected chi connectivity index (χ2v) is 5.01. The van der Waals surface area contributed by atoms with Gasteiger partial charge in [0.1, 0.15) is 5.82 Å². The molecule has 0 saturated carbocycles. The van der Waals surface area contributed by atoms with Gasteiger partial charge >= 0.3 is 0 Å². The van der Waals surface area contributed by atoms with Crippen LogP contribution in [0.3, 0.4) is 0 Å². The van der Waals surface area contributed by atoms with Crippen molar-refractivity contribution in [3.63, 3.8) is 0 Å². The highest BCUT2D eigenvalue weighted by Gasteiger charge is 2.12. The minimum absolute atomic E-state index is 0.0233. The molecule has 1 aromatic rings. The first-order valence-electron chi connectivity index (χ1n) is 5.43. The summed E-state index contributed by atoms with van der Waals surface area (Å²) in [5.41, 5.74) is 1.95. The Balaban J connectivity index is 2.78. The molecule has 0 saturated heterocycles. The summed E-state index contributed by atoms with van der Waals surface area (Å²) in [4.78, 5) is 0. The lowest BCUT2D eigenvalue weighted by Gasteiger charge is -2.15. The SMILES string of the molecule is CC(C)=CCNC(C)c1cc(F)c(Cl)cc1Cl. The highest BCUT2D eigenvalue weighted by molar-refractivity contribution is 6.35. The molecule has 1 atom stereocenters. The molecule has 0 aliphatic heterocycles. The minimum Gasteiger partial charge on any atom is -0.307 e. The van der Waals surface area contributed by atoms with E-state index >= 15 is 0 Å². The van der Waals surface area contributed by atoms with Crippen molar-refractivity contribution in [1.29, 1.82) is 0 Å². The van der Waals surface area contributed by atoms with E-state index in [1.165, 1.54) is 17.7 Å². The van der Waals surface area contributed by atoms with Crippen LogP contribution < -0.4 is 5.32 Å². The summed E-state index contributed by atoms with van der Waals surface area (Å²) in [7, 11) is 0. The molecule has 1 N–H and O–H groups in total. The van der Waals surface area contributed by atoms with Crippen LogP contribution in [0.5, 0.6) is 0 Å². The van der Waals surface area contributed by atoms with Gasteiger partial charge in [-0.05, 0) is 38.5 Å². The van der Waals surface area contributed by atoms with Crippen molar-refractivity contribution < 1.29 is 4.39 Å². The average Bonchev–Trinajstić information content (AvgIpc) is 2.22. The summed E-state index contributed by atoms with van der Waals surface area (Å²) in [6.07, 6.45) is 2.07. The summed E-state index contributed by atoms with van der Waals surface area (Å²) >= 11 is 11.7. The zero-order valence-electron chi connectivity index (χ0n) is 10.2. The Morgan fingerprint density at radius 2 is 2.00 bits per heavy atom. The predicted molar refractivity (Wildman–Crippen MR) is 72.3 cm³/mol. The molecule has 0 bridgehead atoms. The topological polar surface area (TPSA) is 12.0 Å². The molecule has 0 radical (unpaired) electrons. The fourth-order valence-corrected chi connectivity index (χ4v) is 1.97. The summed E-state index contributed by atoms with van der Waals surface area (Å²) < 4.78 is 13.3. The maximum atomic E-state index is 13.3. The molecule has 0 fully saturated rings. The largest absolute Gasteiger partial charge is 0.307 e. The Morgan fingerprint density at radius 1 is 1.35 bits per heavy atom. The molecule has 1 nitrogen and oxygen atoms in total. The Bertz CT molecular complexity index is 426. The van der Waals surface area contributed by atoms with Crippen LogP contribution in [-0.4, -0.2) is 6.54 Å². The van der Waals surface area contributed by atoms with Crippen molar-refractivity contribution in [2.45, 2.75) is 26.8 Å². The first-order valence-corrected chi connectivity index (χ1v) is 6.18. The van der Waals surface area contributed by atoms with Crippen LogP contribution in [0.2, 0.25) is 10.0 Å². The molecule has 0 spiro atoms. The third-order valence-electron chi connectivity index (χ3n) is 2.44. The molecule has 0 amide bonds. The molecule has 0 aromatic heterocycles. The zero-order chi connectivity index (χ0) is 13.0. The lowest BCUT2D eigenvalue weighted by molar-refractivity contribution is 0.594. The van der Waals surface area contributed by atoms with E-state index < -0.39 is 5.82 Å². The fraction of sp³-hybridized carbons (Fsp3) is 0.385. The van der Waals surface area contributed by atoms with Crippen LogP contribution in [0.1, 0.15) is 32.4 Å². The molecule has 4 heteroatoms. The van der Waals surface area contributed by atoms with E-state index in [1.54, 1.807) is 0 Å². The van der Waals surface area contributed by atoms with Gasteiger partial charge in [0.25, 0.3) is 0 Å². The Hall–Kier alpha value is -0.570. The van der Waals surface area contributed by atoms with Crippen molar-refractivity contribution in [3.05, 3.63) is 45.2 Å². The van der Waals surface area contributed by atoms with Crippen molar-refractivity contribution in [2.75, 3.05) is 6.54 Å². The number of hydrogen-bond donors (Lipinski definition) is 1. The molecule has 17 heavy (non-hydrogen) atoms. The lowest BCUT2D eigenvalue weighted by Crippen LogP contribution is -2.19.